The van der Waals surface area contributed by atoms with Crippen molar-refractivity contribution in [2.24, 2.45) is 0 Å². The summed E-state index contributed by atoms with van der Waals surface area (Å²) in [5.74, 6) is -0.388. The second-order valence-electron chi connectivity index (χ2n) is 5.30. The van der Waals surface area contributed by atoms with Crippen molar-refractivity contribution in [3.63, 3.8) is 0 Å². The van der Waals surface area contributed by atoms with Gasteiger partial charge in [-0.15, -0.1) is 0 Å². The second-order valence-corrected chi connectivity index (χ2v) is 5.30. The molecule has 1 aromatic carbocycles. The van der Waals surface area contributed by atoms with Gasteiger partial charge in [-0.1, -0.05) is 12.1 Å². The topological polar surface area (TPSA) is 73.6 Å². The minimum absolute atomic E-state index is 0.126. The van der Waals surface area contributed by atoms with E-state index in [2.05, 4.69) is 5.32 Å². The summed E-state index contributed by atoms with van der Waals surface area (Å²) in [6.07, 6.45) is 3.47. The minimum atomic E-state index is -0.388. The van der Waals surface area contributed by atoms with E-state index in [1.807, 2.05) is 6.07 Å². The molecule has 0 aromatic heterocycles. The van der Waals surface area contributed by atoms with Gasteiger partial charge in [-0.25, -0.2) is 0 Å². The Morgan fingerprint density at radius 2 is 1.85 bits per heavy atom. The number of para-hydroxylation sites is 2. The van der Waals surface area contributed by atoms with E-state index in [-0.39, 0.29) is 22.4 Å². The lowest BCUT2D eigenvalue weighted by Gasteiger charge is -2.35. The number of hydrogen-bond acceptors (Lipinski definition) is 5. The van der Waals surface area contributed by atoms with Gasteiger partial charge in [-0.3, -0.25) is 10.1 Å². The summed E-state index contributed by atoms with van der Waals surface area (Å²) in [6, 6.07) is 7.00. The zero-order chi connectivity index (χ0) is 14.0. The van der Waals surface area contributed by atoms with E-state index in [4.69, 9.17) is 9.47 Å². The van der Waals surface area contributed by atoms with Crippen molar-refractivity contribution in [2.45, 2.75) is 37.5 Å². The highest BCUT2D eigenvalue weighted by Crippen LogP contribution is 2.37. The fourth-order valence-corrected chi connectivity index (χ4v) is 2.96. The van der Waals surface area contributed by atoms with E-state index < -0.39 is 0 Å². The maximum atomic E-state index is 11.0. The Hall–Kier alpha value is -1.66. The van der Waals surface area contributed by atoms with Crippen LogP contribution in [0.5, 0.6) is 0 Å². The number of ether oxygens (including phenoxy) is 2. The first-order valence-electron chi connectivity index (χ1n) is 6.96. The lowest BCUT2D eigenvalue weighted by molar-refractivity contribution is -0.384. The molecular formula is C14H18N2O4. The van der Waals surface area contributed by atoms with Gasteiger partial charge in [0.05, 0.1) is 18.1 Å². The molecule has 108 valence electrons. The number of nitrogens with zero attached hydrogens (tertiary/aromatic N) is 1. The predicted molar refractivity (Wildman–Crippen MR) is 73.6 cm³/mol. The van der Waals surface area contributed by atoms with Crippen LogP contribution in [-0.2, 0) is 9.47 Å². The van der Waals surface area contributed by atoms with Crippen molar-refractivity contribution in [3.05, 3.63) is 34.4 Å². The Labute approximate surface area is 117 Å². The van der Waals surface area contributed by atoms with E-state index in [1.165, 1.54) is 6.07 Å². The summed E-state index contributed by atoms with van der Waals surface area (Å²) in [4.78, 5) is 10.6. The number of anilines is 1. The van der Waals surface area contributed by atoms with Crippen LogP contribution in [0.4, 0.5) is 11.4 Å². The second kappa shape index (κ2) is 5.38. The minimum Gasteiger partial charge on any atom is -0.377 e. The van der Waals surface area contributed by atoms with Crippen LogP contribution in [0.3, 0.4) is 0 Å². The molecule has 1 spiro atoms. The Balaban J connectivity index is 1.64. The van der Waals surface area contributed by atoms with Gasteiger partial charge >= 0.3 is 0 Å². The molecule has 1 heterocycles. The summed E-state index contributed by atoms with van der Waals surface area (Å²) < 4.78 is 11.4. The molecule has 1 saturated heterocycles. The number of hydrogen-bond donors (Lipinski definition) is 1. The number of benzene rings is 1. The highest BCUT2D eigenvalue weighted by molar-refractivity contribution is 5.61. The maximum Gasteiger partial charge on any atom is 0.292 e. The van der Waals surface area contributed by atoms with Crippen molar-refractivity contribution in [3.8, 4) is 0 Å². The molecule has 20 heavy (non-hydrogen) atoms. The Kier molecular flexibility index (Phi) is 3.58. The van der Waals surface area contributed by atoms with Crippen LogP contribution in [0.1, 0.15) is 25.7 Å². The lowest BCUT2D eigenvalue weighted by Crippen LogP contribution is -2.39. The highest BCUT2D eigenvalue weighted by atomic mass is 16.7. The third-order valence-corrected chi connectivity index (χ3v) is 4.02. The molecule has 2 fully saturated rings. The van der Waals surface area contributed by atoms with E-state index in [1.54, 1.807) is 12.1 Å². The van der Waals surface area contributed by atoms with Gasteiger partial charge in [-0.2, -0.15) is 0 Å². The van der Waals surface area contributed by atoms with E-state index in [0.717, 1.165) is 25.7 Å². The fraction of sp³-hybridized carbons (Fsp3) is 0.571. The summed E-state index contributed by atoms with van der Waals surface area (Å²) in [6.45, 7) is 1.34. The molecule has 0 radical (unpaired) electrons. The van der Waals surface area contributed by atoms with E-state index in [9.17, 15) is 10.1 Å². The third-order valence-electron chi connectivity index (χ3n) is 4.02. The molecule has 1 aliphatic heterocycles. The van der Waals surface area contributed by atoms with Crippen molar-refractivity contribution >= 4 is 11.4 Å². The number of nitrogens with one attached hydrogen (secondary N) is 1. The monoisotopic (exact) mass is 278 g/mol. The Morgan fingerprint density at radius 3 is 2.50 bits per heavy atom. The molecule has 1 saturated carbocycles. The van der Waals surface area contributed by atoms with Crippen LogP contribution in [0, 0.1) is 10.1 Å². The molecule has 1 aromatic rings. The van der Waals surface area contributed by atoms with Crippen LogP contribution in [-0.4, -0.2) is 30.0 Å². The standard InChI is InChI=1S/C14H18N2O4/c17-16(18)13-4-2-1-3-12(13)15-11-5-7-14(8-6-11)19-9-10-20-14/h1-4,11,15H,5-10H2. The average molecular weight is 278 g/mol. The van der Waals surface area contributed by atoms with Crippen molar-refractivity contribution in [1.29, 1.82) is 0 Å². The summed E-state index contributed by atoms with van der Waals surface area (Å²) >= 11 is 0. The molecule has 1 N–H and O–H groups in total. The Morgan fingerprint density at radius 1 is 1.20 bits per heavy atom. The van der Waals surface area contributed by atoms with Crippen molar-refractivity contribution in [2.75, 3.05) is 18.5 Å². The largest absolute Gasteiger partial charge is 0.377 e. The van der Waals surface area contributed by atoms with Crippen LogP contribution < -0.4 is 5.32 Å². The summed E-state index contributed by atoms with van der Waals surface area (Å²) in [5, 5.41) is 14.3. The molecule has 0 bridgehead atoms. The van der Waals surface area contributed by atoms with Crippen LogP contribution in [0.2, 0.25) is 0 Å². The zero-order valence-corrected chi connectivity index (χ0v) is 11.2. The molecular weight excluding hydrogens is 260 g/mol. The first kappa shape index (κ1) is 13.3. The molecule has 0 atom stereocenters. The van der Waals surface area contributed by atoms with Crippen molar-refractivity contribution in [1.82, 2.24) is 0 Å². The molecule has 0 unspecified atom stereocenters. The normalized spacial score (nSPS) is 22.0. The van der Waals surface area contributed by atoms with Gasteiger partial charge in [-0.05, 0) is 18.9 Å². The van der Waals surface area contributed by atoms with Gasteiger partial charge in [0.25, 0.3) is 5.69 Å². The third kappa shape index (κ3) is 2.62. The summed E-state index contributed by atoms with van der Waals surface area (Å²) in [5.41, 5.74) is 0.716. The molecule has 3 rings (SSSR count). The fourth-order valence-electron chi connectivity index (χ4n) is 2.96. The number of rotatable bonds is 3. The van der Waals surface area contributed by atoms with Crippen LogP contribution in [0.25, 0.3) is 0 Å². The molecule has 1 aliphatic carbocycles. The predicted octanol–water partition coefficient (Wildman–Crippen LogP) is 2.69. The van der Waals surface area contributed by atoms with Gasteiger partial charge in [0.2, 0.25) is 0 Å². The van der Waals surface area contributed by atoms with Gasteiger partial charge < -0.3 is 14.8 Å². The maximum absolute atomic E-state index is 11.0. The average Bonchev–Trinajstić information content (AvgIpc) is 2.90. The molecule has 6 nitrogen and oxygen atoms in total. The van der Waals surface area contributed by atoms with Crippen LogP contribution in [0.15, 0.2) is 24.3 Å². The van der Waals surface area contributed by atoms with Gasteiger partial charge in [0.1, 0.15) is 5.69 Å². The quantitative estimate of drug-likeness (QED) is 0.679. The van der Waals surface area contributed by atoms with E-state index in [0.29, 0.717) is 18.9 Å². The zero-order valence-electron chi connectivity index (χ0n) is 11.2. The highest BCUT2D eigenvalue weighted by Gasteiger charge is 2.40. The van der Waals surface area contributed by atoms with Crippen LogP contribution >= 0.6 is 0 Å². The first-order valence-corrected chi connectivity index (χ1v) is 6.96. The summed E-state index contributed by atoms with van der Waals surface area (Å²) in [7, 11) is 0. The molecule has 6 heteroatoms. The lowest BCUT2D eigenvalue weighted by atomic mass is 9.90. The van der Waals surface area contributed by atoms with Crippen molar-refractivity contribution < 1.29 is 14.4 Å². The number of nitro benzene ring substituents is 1. The first-order chi connectivity index (χ1) is 9.69. The van der Waals surface area contributed by atoms with E-state index >= 15 is 0 Å². The Bertz CT molecular complexity index is 490. The van der Waals surface area contributed by atoms with Gasteiger partial charge in [0.15, 0.2) is 5.79 Å². The molecule has 0 amide bonds. The van der Waals surface area contributed by atoms with Gasteiger partial charge in [0, 0.05) is 24.9 Å². The smallest absolute Gasteiger partial charge is 0.292 e. The SMILES string of the molecule is O=[N+]([O-])c1ccccc1NC1CCC2(CC1)OCCO2. The molecule has 2 aliphatic rings. The number of nitro groups is 1.